The Bertz CT molecular complexity index is 668. The van der Waals surface area contributed by atoms with Gasteiger partial charge in [-0.1, -0.05) is 23.2 Å². The van der Waals surface area contributed by atoms with Gasteiger partial charge in [-0.15, -0.1) is 0 Å². The van der Waals surface area contributed by atoms with E-state index in [1.54, 1.807) is 16.7 Å². The van der Waals surface area contributed by atoms with Gasteiger partial charge in [0.1, 0.15) is 0 Å². The molecule has 3 rings (SSSR count). The summed E-state index contributed by atoms with van der Waals surface area (Å²) in [7, 11) is -0.915. The van der Waals surface area contributed by atoms with Crippen molar-refractivity contribution in [3.63, 3.8) is 0 Å². The molecular weight excluding hydrogens is 331 g/mol. The Morgan fingerprint density at radius 1 is 1.33 bits per heavy atom. The van der Waals surface area contributed by atoms with E-state index < -0.39 is 10.8 Å². The molecule has 4 nitrogen and oxygen atoms in total. The highest BCUT2D eigenvalue weighted by molar-refractivity contribution is 7.84. The fourth-order valence-corrected chi connectivity index (χ4v) is 4.52. The van der Waals surface area contributed by atoms with Gasteiger partial charge in [-0.05, 0) is 24.8 Å². The zero-order chi connectivity index (χ0) is 14.8. The molecule has 0 saturated carbocycles. The molecule has 1 aliphatic rings. The second kappa shape index (κ2) is 6.65. The number of pyridine rings is 1. The van der Waals surface area contributed by atoms with Crippen molar-refractivity contribution < 1.29 is 8.95 Å². The van der Waals surface area contributed by atoms with E-state index in [9.17, 15) is 4.21 Å². The normalized spacial score (nSPS) is 18.2. The highest BCUT2D eigenvalue weighted by Gasteiger charge is 2.18. The molecular formula is C14H16Cl2N2O2S. The lowest BCUT2D eigenvalue weighted by atomic mass is 10.0. The largest absolute Gasteiger partial charge is 0.381 e. The van der Waals surface area contributed by atoms with Crippen molar-refractivity contribution in [1.82, 2.24) is 9.38 Å². The smallest absolute Gasteiger partial charge is 0.155 e. The number of halogens is 2. The van der Waals surface area contributed by atoms with E-state index >= 15 is 0 Å². The summed E-state index contributed by atoms with van der Waals surface area (Å²) in [6.45, 7) is 1.56. The summed E-state index contributed by atoms with van der Waals surface area (Å²) in [5, 5.41) is 1.06. The molecule has 1 saturated heterocycles. The van der Waals surface area contributed by atoms with E-state index in [1.807, 2.05) is 6.20 Å². The maximum absolute atomic E-state index is 12.3. The van der Waals surface area contributed by atoms with E-state index in [1.165, 1.54) is 0 Å². The van der Waals surface area contributed by atoms with Gasteiger partial charge in [0.05, 0.1) is 21.5 Å². The summed E-state index contributed by atoms with van der Waals surface area (Å²) >= 11 is 12.1. The topological polar surface area (TPSA) is 43.6 Å². The van der Waals surface area contributed by atoms with Crippen LogP contribution in [0.5, 0.6) is 0 Å². The highest BCUT2D eigenvalue weighted by atomic mass is 35.5. The Morgan fingerprint density at radius 3 is 2.86 bits per heavy atom. The van der Waals surface area contributed by atoms with Gasteiger partial charge in [0.15, 0.2) is 5.65 Å². The van der Waals surface area contributed by atoms with Crippen LogP contribution in [0.25, 0.3) is 5.65 Å². The van der Waals surface area contributed by atoms with Crippen molar-refractivity contribution >= 4 is 39.6 Å². The quantitative estimate of drug-likeness (QED) is 0.852. The molecule has 1 aliphatic heterocycles. The van der Waals surface area contributed by atoms with E-state index in [4.69, 9.17) is 27.9 Å². The van der Waals surface area contributed by atoms with Crippen molar-refractivity contribution in [2.75, 3.05) is 19.0 Å². The summed E-state index contributed by atoms with van der Waals surface area (Å²) in [5.74, 6) is 1.66. The van der Waals surface area contributed by atoms with Crippen molar-refractivity contribution in [3.05, 3.63) is 34.2 Å². The Labute approximate surface area is 135 Å². The van der Waals surface area contributed by atoms with Crippen molar-refractivity contribution in [2.24, 2.45) is 5.92 Å². The number of rotatable bonds is 4. The van der Waals surface area contributed by atoms with Crippen molar-refractivity contribution in [3.8, 4) is 0 Å². The van der Waals surface area contributed by atoms with Crippen LogP contribution in [0.4, 0.5) is 0 Å². The van der Waals surface area contributed by atoms with Crippen LogP contribution < -0.4 is 0 Å². The van der Waals surface area contributed by atoms with Gasteiger partial charge in [0, 0.05) is 42.2 Å². The number of ether oxygens (including phenoxy) is 1. The molecule has 0 aliphatic carbocycles. The molecule has 0 bridgehead atoms. The monoisotopic (exact) mass is 346 g/mol. The maximum atomic E-state index is 12.3. The number of fused-ring (bicyclic) bond motifs is 1. The molecule has 0 radical (unpaired) electrons. The third-order valence-corrected chi connectivity index (χ3v) is 5.54. The average molecular weight is 347 g/mol. The number of hydrogen-bond donors (Lipinski definition) is 0. The standard InChI is InChI=1S/C14H16Cl2N2O2S/c15-11-5-13(16)14-17-12(7-18(14)6-11)9-21(19)8-10-1-3-20-4-2-10/h5-7,10H,1-4,8-9H2/t21-/m1/s1. The number of hydrogen-bond acceptors (Lipinski definition) is 3. The molecule has 0 aromatic carbocycles. The summed E-state index contributed by atoms with van der Waals surface area (Å²) in [6, 6.07) is 1.66. The summed E-state index contributed by atoms with van der Waals surface area (Å²) in [6.07, 6.45) is 5.59. The molecule has 1 fully saturated rings. The Kier molecular flexibility index (Phi) is 4.84. The number of aromatic nitrogens is 2. The van der Waals surface area contributed by atoms with Gasteiger partial charge >= 0.3 is 0 Å². The minimum Gasteiger partial charge on any atom is -0.381 e. The minimum atomic E-state index is -0.915. The molecule has 0 spiro atoms. The fraction of sp³-hybridized carbons (Fsp3) is 0.500. The van der Waals surface area contributed by atoms with E-state index in [-0.39, 0.29) is 0 Å². The van der Waals surface area contributed by atoms with Crippen LogP contribution in [0.3, 0.4) is 0 Å². The lowest BCUT2D eigenvalue weighted by molar-refractivity contribution is 0.0725. The van der Waals surface area contributed by atoms with E-state index in [0.29, 0.717) is 33.1 Å². The fourth-order valence-electron chi connectivity index (χ4n) is 2.54. The Morgan fingerprint density at radius 2 is 2.10 bits per heavy atom. The van der Waals surface area contributed by atoms with Crippen LogP contribution in [0.1, 0.15) is 18.5 Å². The first-order chi connectivity index (χ1) is 10.1. The first-order valence-corrected chi connectivity index (χ1v) is 9.11. The SMILES string of the molecule is O=[S@@](Cc1cn2cc(Cl)cc(Cl)c2n1)CC1CCOCC1. The van der Waals surface area contributed by atoms with Gasteiger partial charge in [0.2, 0.25) is 0 Å². The van der Waals surface area contributed by atoms with Crippen LogP contribution in [0.2, 0.25) is 10.0 Å². The summed E-state index contributed by atoms with van der Waals surface area (Å²) < 4.78 is 19.4. The molecule has 1 atom stereocenters. The van der Waals surface area contributed by atoms with E-state index in [0.717, 1.165) is 31.7 Å². The van der Waals surface area contributed by atoms with Gasteiger partial charge in [-0.2, -0.15) is 0 Å². The third-order valence-electron chi connectivity index (χ3n) is 3.59. The zero-order valence-electron chi connectivity index (χ0n) is 11.4. The predicted molar refractivity (Wildman–Crippen MR) is 85.5 cm³/mol. The van der Waals surface area contributed by atoms with Gasteiger partial charge in [0.25, 0.3) is 0 Å². The van der Waals surface area contributed by atoms with Crippen molar-refractivity contribution in [2.45, 2.75) is 18.6 Å². The van der Waals surface area contributed by atoms with Crippen LogP contribution in [0, 0.1) is 5.92 Å². The van der Waals surface area contributed by atoms with Gasteiger partial charge in [-0.25, -0.2) is 4.98 Å². The molecule has 0 N–H and O–H groups in total. The van der Waals surface area contributed by atoms with Crippen molar-refractivity contribution in [1.29, 1.82) is 0 Å². The van der Waals surface area contributed by atoms with Gasteiger partial charge in [-0.3, -0.25) is 4.21 Å². The minimum absolute atomic E-state index is 0.451. The van der Waals surface area contributed by atoms with E-state index in [2.05, 4.69) is 4.98 Å². The maximum Gasteiger partial charge on any atom is 0.155 e. The Balaban J connectivity index is 1.69. The number of nitrogens with zero attached hydrogens (tertiary/aromatic N) is 2. The molecule has 3 heterocycles. The van der Waals surface area contributed by atoms with Crippen LogP contribution in [-0.2, 0) is 21.3 Å². The second-order valence-corrected chi connectivity index (χ2v) is 7.62. The van der Waals surface area contributed by atoms with Crippen LogP contribution in [-0.4, -0.2) is 32.6 Å². The number of imidazole rings is 1. The third kappa shape index (κ3) is 3.77. The molecule has 114 valence electrons. The highest BCUT2D eigenvalue weighted by Crippen LogP contribution is 2.23. The van der Waals surface area contributed by atoms with Crippen LogP contribution >= 0.6 is 23.2 Å². The molecule has 0 amide bonds. The molecule has 2 aromatic heterocycles. The average Bonchev–Trinajstić information content (AvgIpc) is 2.82. The summed E-state index contributed by atoms with van der Waals surface area (Å²) in [5.41, 5.74) is 1.43. The molecule has 2 aromatic rings. The zero-order valence-corrected chi connectivity index (χ0v) is 13.8. The molecule has 21 heavy (non-hydrogen) atoms. The van der Waals surface area contributed by atoms with Crippen LogP contribution in [0.15, 0.2) is 18.5 Å². The lowest BCUT2D eigenvalue weighted by Crippen LogP contribution is -2.21. The molecule has 0 unspecified atom stereocenters. The molecule has 7 heteroatoms. The predicted octanol–water partition coefficient (Wildman–Crippen LogP) is 3.32. The first-order valence-electron chi connectivity index (χ1n) is 6.87. The first kappa shape index (κ1) is 15.3. The lowest BCUT2D eigenvalue weighted by Gasteiger charge is -2.21. The van der Waals surface area contributed by atoms with Gasteiger partial charge < -0.3 is 9.14 Å². The summed E-state index contributed by atoms with van der Waals surface area (Å²) in [4.78, 5) is 4.44. The second-order valence-electron chi connectivity index (χ2n) is 5.28. The Hall–Kier alpha value is -0.620.